The summed E-state index contributed by atoms with van der Waals surface area (Å²) in [5.41, 5.74) is 3.07. The molecule has 0 amide bonds. The summed E-state index contributed by atoms with van der Waals surface area (Å²) in [5.74, 6) is 0.367. The number of nitrogens with zero attached hydrogens (tertiary/aromatic N) is 1. The third-order valence-electron chi connectivity index (χ3n) is 4.59. The van der Waals surface area contributed by atoms with E-state index in [2.05, 4.69) is 13.8 Å². The minimum absolute atomic E-state index is 0.332. The average Bonchev–Trinajstić information content (AvgIpc) is 2.69. The van der Waals surface area contributed by atoms with Crippen LogP contribution in [-0.4, -0.2) is 12.7 Å². The van der Waals surface area contributed by atoms with Crippen LogP contribution in [0.4, 0.5) is 0 Å². The fourth-order valence-electron chi connectivity index (χ4n) is 2.97. The summed E-state index contributed by atoms with van der Waals surface area (Å²) in [7, 11) is -3.61. The van der Waals surface area contributed by atoms with Crippen molar-refractivity contribution in [2.24, 2.45) is 0 Å². The maximum absolute atomic E-state index is 13.3. The van der Waals surface area contributed by atoms with E-state index in [9.17, 15) is 8.42 Å². The van der Waals surface area contributed by atoms with Crippen molar-refractivity contribution in [2.45, 2.75) is 37.8 Å². The third kappa shape index (κ3) is 4.85. The molecular formula is C23H25NO2S. The van der Waals surface area contributed by atoms with Gasteiger partial charge in [0, 0.05) is 13.1 Å². The van der Waals surface area contributed by atoms with Gasteiger partial charge in [-0.05, 0) is 34.7 Å². The first-order valence-electron chi connectivity index (χ1n) is 9.15. The lowest BCUT2D eigenvalue weighted by molar-refractivity contribution is 0.401. The van der Waals surface area contributed by atoms with Crippen LogP contribution in [0.2, 0.25) is 0 Å². The van der Waals surface area contributed by atoms with E-state index in [-0.39, 0.29) is 0 Å². The van der Waals surface area contributed by atoms with Crippen molar-refractivity contribution in [1.29, 1.82) is 0 Å². The molecule has 0 saturated carbocycles. The number of hydrogen-bond acceptors (Lipinski definition) is 2. The van der Waals surface area contributed by atoms with E-state index in [0.29, 0.717) is 23.9 Å². The second kappa shape index (κ2) is 8.51. The van der Waals surface area contributed by atoms with Gasteiger partial charge in [0.2, 0.25) is 10.0 Å². The van der Waals surface area contributed by atoms with Crippen LogP contribution in [0.15, 0.2) is 89.8 Å². The molecule has 3 aromatic rings. The molecule has 0 aliphatic heterocycles. The van der Waals surface area contributed by atoms with Crippen LogP contribution in [-0.2, 0) is 23.1 Å². The molecular weight excluding hydrogens is 354 g/mol. The predicted molar refractivity (Wildman–Crippen MR) is 110 cm³/mol. The summed E-state index contributed by atoms with van der Waals surface area (Å²) in [4.78, 5) is 0.332. The van der Waals surface area contributed by atoms with Gasteiger partial charge in [0.15, 0.2) is 0 Å². The van der Waals surface area contributed by atoms with Crippen LogP contribution in [0, 0.1) is 0 Å². The van der Waals surface area contributed by atoms with Gasteiger partial charge in [0.25, 0.3) is 0 Å². The quantitative estimate of drug-likeness (QED) is 0.566. The van der Waals surface area contributed by atoms with Crippen LogP contribution in [0.3, 0.4) is 0 Å². The molecule has 0 radical (unpaired) electrons. The zero-order chi connectivity index (χ0) is 19.3. The maximum Gasteiger partial charge on any atom is 0.243 e. The minimum atomic E-state index is -3.61. The van der Waals surface area contributed by atoms with Crippen molar-refractivity contribution in [3.8, 4) is 0 Å². The van der Waals surface area contributed by atoms with Gasteiger partial charge >= 0.3 is 0 Å². The Morgan fingerprint density at radius 3 is 1.56 bits per heavy atom. The zero-order valence-corrected chi connectivity index (χ0v) is 16.6. The molecule has 140 valence electrons. The first-order chi connectivity index (χ1) is 13.0. The van der Waals surface area contributed by atoms with Gasteiger partial charge in [-0.1, -0.05) is 86.6 Å². The van der Waals surface area contributed by atoms with Crippen molar-refractivity contribution in [2.75, 3.05) is 0 Å². The lowest BCUT2D eigenvalue weighted by atomic mass is 10.0. The van der Waals surface area contributed by atoms with Crippen LogP contribution in [0.5, 0.6) is 0 Å². The van der Waals surface area contributed by atoms with Gasteiger partial charge in [-0.25, -0.2) is 8.42 Å². The van der Waals surface area contributed by atoms with Crippen LogP contribution < -0.4 is 0 Å². The smallest absolute Gasteiger partial charge is 0.207 e. The highest BCUT2D eigenvalue weighted by molar-refractivity contribution is 7.89. The molecule has 3 rings (SSSR count). The number of sulfonamides is 1. The molecule has 0 aliphatic carbocycles. The van der Waals surface area contributed by atoms with Crippen molar-refractivity contribution in [1.82, 2.24) is 4.31 Å². The summed E-state index contributed by atoms with van der Waals surface area (Å²) in [6.45, 7) is 4.87. The SMILES string of the molecule is CC(C)c1ccc(S(=O)(=O)N(Cc2ccccc2)Cc2ccccc2)cc1. The summed E-state index contributed by atoms with van der Waals surface area (Å²) in [6.07, 6.45) is 0. The summed E-state index contributed by atoms with van der Waals surface area (Å²) in [5, 5.41) is 0. The second-order valence-corrected chi connectivity index (χ2v) is 8.91. The Morgan fingerprint density at radius 1 is 0.704 bits per heavy atom. The predicted octanol–water partition coefficient (Wildman–Crippen LogP) is 5.20. The lowest BCUT2D eigenvalue weighted by Gasteiger charge is -2.23. The molecule has 0 N–H and O–H groups in total. The van der Waals surface area contributed by atoms with Gasteiger partial charge in [-0.3, -0.25) is 0 Å². The standard InChI is InChI=1S/C23H25NO2S/c1-19(2)22-13-15-23(16-14-22)27(25,26)24(17-20-9-5-3-6-10-20)18-21-11-7-4-8-12-21/h3-16,19H,17-18H2,1-2H3. The number of hydrogen-bond donors (Lipinski definition) is 0. The zero-order valence-electron chi connectivity index (χ0n) is 15.7. The molecule has 0 aromatic heterocycles. The lowest BCUT2D eigenvalue weighted by Crippen LogP contribution is -2.30. The van der Waals surface area contributed by atoms with Crippen molar-refractivity contribution < 1.29 is 8.42 Å². The Morgan fingerprint density at radius 2 is 1.15 bits per heavy atom. The molecule has 0 saturated heterocycles. The van der Waals surface area contributed by atoms with Crippen molar-refractivity contribution in [3.05, 3.63) is 102 Å². The van der Waals surface area contributed by atoms with E-state index < -0.39 is 10.0 Å². The van der Waals surface area contributed by atoms with Crippen molar-refractivity contribution >= 4 is 10.0 Å². The van der Waals surface area contributed by atoms with Gasteiger partial charge in [0.05, 0.1) is 4.90 Å². The topological polar surface area (TPSA) is 37.4 Å². The molecule has 4 heteroatoms. The molecule has 0 spiro atoms. The molecule has 3 nitrogen and oxygen atoms in total. The Labute approximate surface area is 162 Å². The fraction of sp³-hybridized carbons (Fsp3) is 0.217. The first-order valence-corrected chi connectivity index (χ1v) is 10.6. The van der Waals surface area contributed by atoms with E-state index in [1.165, 1.54) is 0 Å². The Hall–Kier alpha value is -2.43. The van der Waals surface area contributed by atoms with Crippen LogP contribution >= 0.6 is 0 Å². The Bertz CT molecular complexity index is 909. The highest BCUT2D eigenvalue weighted by Gasteiger charge is 2.25. The second-order valence-electron chi connectivity index (χ2n) is 6.97. The highest BCUT2D eigenvalue weighted by atomic mass is 32.2. The minimum Gasteiger partial charge on any atom is -0.207 e. The van der Waals surface area contributed by atoms with E-state index in [0.717, 1.165) is 16.7 Å². The summed E-state index contributed by atoms with van der Waals surface area (Å²) < 4.78 is 28.2. The normalized spacial score (nSPS) is 11.9. The van der Waals surface area contributed by atoms with Crippen LogP contribution in [0.1, 0.15) is 36.5 Å². The summed E-state index contributed by atoms with van der Waals surface area (Å²) >= 11 is 0. The number of benzene rings is 3. The molecule has 0 aliphatic rings. The van der Waals surface area contributed by atoms with Gasteiger partial charge in [0.1, 0.15) is 0 Å². The highest BCUT2D eigenvalue weighted by Crippen LogP contribution is 2.23. The molecule has 0 unspecified atom stereocenters. The summed E-state index contributed by atoms with van der Waals surface area (Å²) in [6, 6.07) is 26.6. The monoisotopic (exact) mass is 379 g/mol. The van der Waals surface area contributed by atoms with Gasteiger partial charge in [-0.15, -0.1) is 0 Å². The average molecular weight is 380 g/mol. The Balaban J connectivity index is 1.94. The molecule has 0 heterocycles. The number of rotatable bonds is 7. The fourth-order valence-corrected chi connectivity index (χ4v) is 4.39. The van der Waals surface area contributed by atoms with E-state index in [1.54, 1.807) is 16.4 Å². The van der Waals surface area contributed by atoms with E-state index in [4.69, 9.17) is 0 Å². The van der Waals surface area contributed by atoms with Crippen LogP contribution in [0.25, 0.3) is 0 Å². The molecule has 0 atom stereocenters. The molecule has 0 bridgehead atoms. The van der Waals surface area contributed by atoms with Gasteiger partial charge in [-0.2, -0.15) is 4.31 Å². The van der Waals surface area contributed by atoms with Crippen molar-refractivity contribution in [3.63, 3.8) is 0 Å². The largest absolute Gasteiger partial charge is 0.243 e. The molecule has 0 fully saturated rings. The van der Waals surface area contributed by atoms with E-state index in [1.807, 2.05) is 72.8 Å². The maximum atomic E-state index is 13.3. The van der Waals surface area contributed by atoms with E-state index >= 15 is 0 Å². The Kier molecular flexibility index (Phi) is 6.09. The molecule has 27 heavy (non-hydrogen) atoms. The molecule has 3 aromatic carbocycles. The first kappa shape index (κ1) is 19.3. The third-order valence-corrected chi connectivity index (χ3v) is 6.39. The van der Waals surface area contributed by atoms with Gasteiger partial charge < -0.3 is 0 Å².